The Kier molecular flexibility index (Phi) is 1.74. The van der Waals surface area contributed by atoms with Crippen molar-refractivity contribution in [2.45, 2.75) is 19.3 Å². The maximum atomic E-state index is 2.36. The second-order valence-corrected chi connectivity index (χ2v) is 6.01. The zero-order valence-corrected chi connectivity index (χ0v) is 10.3. The van der Waals surface area contributed by atoms with Crippen molar-refractivity contribution in [2.75, 3.05) is 0 Å². The van der Waals surface area contributed by atoms with Crippen LogP contribution in [0.2, 0.25) is 0 Å². The monoisotopic (exact) mass is 210 g/mol. The summed E-state index contributed by atoms with van der Waals surface area (Å²) in [6, 6.07) is 13.3. The van der Waals surface area contributed by atoms with Gasteiger partial charge in [-0.2, -0.15) is 0 Å². The number of hydrogen-bond donors (Lipinski definition) is 0. The van der Waals surface area contributed by atoms with Gasteiger partial charge in [-0.25, -0.2) is 0 Å². The second-order valence-electron chi connectivity index (χ2n) is 4.72. The second kappa shape index (κ2) is 2.89. The van der Waals surface area contributed by atoms with Crippen LogP contribution in [-0.2, 0) is 5.41 Å². The highest BCUT2D eigenvalue weighted by molar-refractivity contribution is 6.34. The molecule has 2 aromatic rings. The van der Waals surface area contributed by atoms with Gasteiger partial charge >= 0.3 is 0 Å². The van der Waals surface area contributed by atoms with Crippen LogP contribution in [0, 0.1) is 0 Å². The Labute approximate surface area is 92.7 Å². The fraction of sp³-hybridized carbons (Fsp3) is 0.214. The lowest BCUT2D eigenvalue weighted by molar-refractivity contribution is 0.672. The van der Waals surface area contributed by atoms with Crippen molar-refractivity contribution in [3.63, 3.8) is 0 Å². The first kappa shape index (κ1) is 9.04. The topological polar surface area (TPSA) is 0 Å². The molecule has 1 aromatic heterocycles. The number of benzene rings is 1. The first-order valence-electron chi connectivity index (χ1n) is 5.40. The fourth-order valence-electron chi connectivity index (χ4n) is 2.67. The van der Waals surface area contributed by atoms with Gasteiger partial charge in [0.15, 0.2) is 0 Å². The average molecular weight is 210 g/mol. The Bertz CT molecular complexity index is 479. The molecule has 0 unspecified atom stereocenters. The van der Waals surface area contributed by atoms with Crippen molar-refractivity contribution >= 4 is 9.12 Å². The molecule has 0 radical (unpaired) electrons. The van der Waals surface area contributed by atoms with Crippen LogP contribution in [-0.4, -0.2) is 9.12 Å². The van der Waals surface area contributed by atoms with Gasteiger partial charge in [0.25, 0.3) is 0 Å². The normalized spacial score (nSPS) is 15.9. The van der Waals surface area contributed by atoms with Crippen LogP contribution < -0.4 is 0 Å². The molecule has 1 aliphatic rings. The van der Waals surface area contributed by atoms with E-state index in [-0.39, 0.29) is 5.41 Å². The molecule has 0 N–H and O–H groups in total. The molecule has 1 aromatic carbocycles. The van der Waals surface area contributed by atoms with Crippen LogP contribution in [0.4, 0.5) is 0 Å². The molecule has 0 saturated carbocycles. The molecule has 74 valence electrons. The van der Waals surface area contributed by atoms with Crippen molar-refractivity contribution in [1.82, 2.24) is 0 Å². The predicted molar refractivity (Wildman–Crippen MR) is 66.7 cm³/mol. The highest BCUT2D eigenvalue weighted by atomic mass is 28.2. The molecule has 0 aliphatic heterocycles. The summed E-state index contributed by atoms with van der Waals surface area (Å²) in [5.74, 6) is 0. The highest BCUT2D eigenvalue weighted by Crippen LogP contribution is 2.46. The Hall–Kier alpha value is -1.21. The molecule has 0 nitrogen and oxygen atoms in total. The van der Waals surface area contributed by atoms with Gasteiger partial charge in [-0.15, -0.1) is 0 Å². The third-order valence-corrected chi connectivity index (χ3v) is 5.27. The van der Waals surface area contributed by atoms with Crippen LogP contribution in [0.5, 0.6) is 0 Å². The largest absolute Gasteiger partial charge is 0.0802 e. The summed E-state index contributed by atoms with van der Waals surface area (Å²) in [5.41, 5.74) is 7.04. The maximum Gasteiger partial charge on any atom is 0.0259 e. The maximum absolute atomic E-state index is 2.36. The first-order valence-corrected chi connectivity index (χ1v) is 6.65. The van der Waals surface area contributed by atoms with Gasteiger partial charge in [-0.1, -0.05) is 55.9 Å². The van der Waals surface area contributed by atoms with Crippen LogP contribution >= 0.6 is 0 Å². The molecule has 15 heavy (non-hydrogen) atoms. The lowest BCUT2D eigenvalue weighted by Gasteiger charge is -2.21. The molecule has 0 atom stereocenters. The molecule has 0 fully saturated rings. The molecule has 1 heteroatoms. The molecular weight excluding hydrogens is 196 g/mol. The zero-order chi connectivity index (χ0) is 10.5. The van der Waals surface area contributed by atoms with Crippen LogP contribution in [0.25, 0.3) is 11.1 Å². The summed E-state index contributed by atoms with van der Waals surface area (Å²) in [6.07, 6.45) is 0. The molecule has 0 spiro atoms. The summed E-state index contributed by atoms with van der Waals surface area (Å²) < 4.78 is 0. The van der Waals surface area contributed by atoms with Gasteiger partial charge in [0.2, 0.25) is 0 Å². The van der Waals surface area contributed by atoms with E-state index >= 15 is 0 Å². The highest BCUT2D eigenvalue weighted by Gasteiger charge is 2.33. The third kappa shape index (κ3) is 1.10. The number of hydrogen-bond acceptors (Lipinski definition) is 0. The summed E-state index contributed by atoms with van der Waals surface area (Å²) >= 11 is 0. The predicted octanol–water partition coefficient (Wildman–Crippen LogP) is 3.06. The van der Waals surface area contributed by atoms with Crippen LogP contribution in [0.1, 0.15) is 24.6 Å². The van der Waals surface area contributed by atoms with Gasteiger partial charge in [0.05, 0.1) is 0 Å². The molecule has 0 amide bonds. The first-order chi connectivity index (χ1) is 7.21. The van der Waals surface area contributed by atoms with Gasteiger partial charge in [-0.3, -0.25) is 0 Å². The van der Waals surface area contributed by atoms with E-state index in [2.05, 4.69) is 55.9 Å². The van der Waals surface area contributed by atoms with E-state index in [4.69, 9.17) is 0 Å². The van der Waals surface area contributed by atoms with Crippen molar-refractivity contribution < 1.29 is 0 Å². The summed E-state index contributed by atoms with van der Waals surface area (Å²) in [7, 11) is 0.344. The Balaban J connectivity index is 2.42. The van der Waals surface area contributed by atoms with Crippen LogP contribution in [0.15, 0.2) is 42.1 Å². The quantitative estimate of drug-likeness (QED) is 0.586. The van der Waals surface area contributed by atoms with Crippen LogP contribution in [0.3, 0.4) is 0 Å². The minimum atomic E-state index is 0.252. The zero-order valence-electron chi connectivity index (χ0n) is 9.12. The van der Waals surface area contributed by atoms with Gasteiger partial charge < -0.3 is 0 Å². The molecule has 0 saturated heterocycles. The van der Waals surface area contributed by atoms with E-state index in [0.29, 0.717) is 9.12 Å². The average Bonchev–Trinajstić information content (AvgIpc) is 2.51. The summed E-state index contributed by atoms with van der Waals surface area (Å²) in [6.45, 7) is 4.71. The van der Waals surface area contributed by atoms with Crippen molar-refractivity contribution in [3.05, 3.63) is 52.8 Å². The van der Waals surface area contributed by atoms with E-state index < -0.39 is 0 Å². The minimum Gasteiger partial charge on any atom is -0.0802 e. The fourth-order valence-corrected chi connectivity index (χ4v) is 4.09. The molecule has 1 heterocycles. The summed E-state index contributed by atoms with van der Waals surface area (Å²) in [4.78, 5) is 0. The number of rotatable bonds is 0. The third-order valence-electron chi connectivity index (χ3n) is 3.49. The van der Waals surface area contributed by atoms with Crippen molar-refractivity contribution in [1.29, 1.82) is 0 Å². The van der Waals surface area contributed by atoms with Gasteiger partial charge in [0, 0.05) is 14.5 Å². The molecular formula is C14H14Si. The SMILES string of the molecule is CC1(C)c2ccccc2-c2ccc[siH]c21. The van der Waals surface area contributed by atoms with E-state index in [1.54, 1.807) is 5.17 Å². The number of fused-ring (bicyclic) bond motifs is 3. The molecule has 0 bridgehead atoms. The Morgan fingerprint density at radius 1 is 0.933 bits per heavy atom. The van der Waals surface area contributed by atoms with E-state index in [9.17, 15) is 0 Å². The van der Waals surface area contributed by atoms with E-state index in [1.807, 2.05) is 0 Å². The lowest BCUT2D eigenvalue weighted by Crippen LogP contribution is -2.16. The minimum absolute atomic E-state index is 0.252. The molecule has 3 rings (SSSR count). The Morgan fingerprint density at radius 3 is 2.53 bits per heavy atom. The van der Waals surface area contributed by atoms with Gasteiger partial charge in [-0.05, 0) is 21.9 Å². The Morgan fingerprint density at radius 2 is 1.67 bits per heavy atom. The molecule has 1 aliphatic carbocycles. The lowest BCUT2D eigenvalue weighted by atomic mass is 9.87. The van der Waals surface area contributed by atoms with Crippen molar-refractivity contribution in [2.24, 2.45) is 0 Å². The van der Waals surface area contributed by atoms with E-state index in [1.165, 1.54) is 16.7 Å². The smallest absolute Gasteiger partial charge is 0.0259 e. The standard InChI is InChI=1S/C14H14Si/c1-14(2)12-8-4-3-6-10(12)11-7-5-9-15-13(11)14/h3-9,15H,1-2H3. The van der Waals surface area contributed by atoms with Crippen molar-refractivity contribution in [3.8, 4) is 11.1 Å². The summed E-state index contributed by atoms with van der Waals surface area (Å²) in [5, 5.41) is 1.66. The van der Waals surface area contributed by atoms with E-state index in [0.717, 1.165) is 0 Å². The van der Waals surface area contributed by atoms with Gasteiger partial charge in [0.1, 0.15) is 0 Å².